The Labute approximate surface area is 136 Å². The van der Waals surface area contributed by atoms with Crippen LogP contribution in [-0.2, 0) is 13.6 Å². The largest absolute Gasteiger partial charge is 0.354 e. The van der Waals surface area contributed by atoms with Crippen LogP contribution in [0, 0.1) is 6.92 Å². The van der Waals surface area contributed by atoms with Crippen LogP contribution in [-0.4, -0.2) is 39.2 Å². The lowest BCUT2D eigenvalue weighted by Crippen LogP contribution is -2.34. The topological polar surface area (TPSA) is 66.0 Å². The van der Waals surface area contributed by atoms with E-state index in [9.17, 15) is 4.79 Å². The van der Waals surface area contributed by atoms with E-state index in [0.29, 0.717) is 11.7 Å². The molecule has 6 heteroatoms. The molecule has 1 saturated heterocycles. The number of nitrogens with one attached hydrogen (secondary N) is 2. The summed E-state index contributed by atoms with van der Waals surface area (Å²) in [6.07, 6.45) is 5.50. The number of rotatable bonds is 4. The molecule has 0 radical (unpaired) electrons. The van der Waals surface area contributed by atoms with Crippen LogP contribution in [0.1, 0.15) is 52.7 Å². The van der Waals surface area contributed by atoms with Crippen molar-refractivity contribution in [2.24, 2.45) is 7.05 Å². The number of aromatic amines is 1. The molecule has 3 heterocycles. The molecule has 2 aromatic heterocycles. The van der Waals surface area contributed by atoms with Gasteiger partial charge in [0.15, 0.2) is 0 Å². The van der Waals surface area contributed by atoms with Crippen molar-refractivity contribution in [1.29, 1.82) is 0 Å². The SMILES string of the molecule is CNC(=O)c1ccc([C@H]2CCCCN2Cc2cn[nH]c2C)n1C. The normalized spacial score (nSPS) is 19.0. The number of amides is 1. The van der Waals surface area contributed by atoms with E-state index in [1.54, 1.807) is 7.05 Å². The Hall–Kier alpha value is -2.08. The summed E-state index contributed by atoms with van der Waals surface area (Å²) < 4.78 is 2.03. The van der Waals surface area contributed by atoms with Crippen LogP contribution < -0.4 is 5.32 Å². The number of piperidine rings is 1. The highest BCUT2D eigenvalue weighted by Crippen LogP contribution is 2.33. The van der Waals surface area contributed by atoms with Gasteiger partial charge in [-0.1, -0.05) is 6.42 Å². The van der Waals surface area contributed by atoms with Crippen molar-refractivity contribution in [3.63, 3.8) is 0 Å². The smallest absolute Gasteiger partial charge is 0.267 e. The maximum absolute atomic E-state index is 12.0. The van der Waals surface area contributed by atoms with Crippen LogP contribution in [0.15, 0.2) is 18.3 Å². The Bertz CT molecular complexity index is 687. The highest BCUT2D eigenvalue weighted by atomic mass is 16.1. The Morgan fingerprint density at radius 3 is 2.96 bits per heavy atom. The second-order valence-corrected chi connectivity index (χ2v) is 6.28. The molecule has 3 rings (SSSR count). The van der Waals surface area contributed by atoms with Crippen LogP contribution in [0.3, 0.4) is 0 Å². The number of hydrogen-bond donors (Lipinski definition) is 2. The number of nitrogens with zero attached hydrogens (tertiary/aromatic N) is 3. The lowest BCUT2D eigenvalue weighted by molar-refractivity contribution is 0.0952. The van der Waals surface area contributed by atoms with E-state index in [-0.39, 0.29) is 5.91 Å². The molecule has 1 aliphatic heterocycles. The minimum absolute atomic E-state index is 0.0354. The van der Waals surface area contributed by atoms with Crippen LogP contribution in [0.25, 0.3) is 0 Å². The van der Waals surface area contributed by atoms with E-state index in [0.717, 1.165) is 25.2 Å². The predicted molar refractivity (Wildman–Crippen MR) is 89.1 cm³/mol. The number of aromatic nitrogens is 3. The molecule has 0 spiro atoms. The molecule has 1 aliphatic rings. The zero-order chi connectivity index (χ0) is 16.4. The van der Waals surface area contributed by atoms with Crippen molar-refractivity contribution in [1.82, 2.24) is 25.0 Å². The van der Waals surface area contributed by atoms with Gasteiger partial charge in [0, 0.05) is 37.6 Å². The summed E-state index contributed by atoms with van der Waals surface area (Å²) >= 11 is 0. The lowest BCUT2D eigenvalue weighted by Gasteiger charge is -2.36. The number of carbonyl (C=O) groups excluding carboxylic acids is 1. The zero-order valence-electron chi connectivity index (χ0n) is 14.1. The van der Waals surface area contributed by atoms with Gasteiger partial charge in [-0.05, 0) is 38.4 Å². The monoisotopic (exact) mass is 315 g/mol. The maximum Gasteiger partial charge on any atom is 0.267 e. The number of hydrogen-bond acceptors (Lipinski definition) is 3. The van der Waals surface area contributed by atoms with Crippen LogP contribution in [0.4, 0.5) is 0 Å². The molecule has 2 aromatic rings. The molecule has 124 valence electrons. The molecule has 0 unspecified atom stereocenters. The van der Waals surface area contributed by atoms with Gasteiger partial charge >= 0.3 is 0 Å². The lowest BCUT2D eigenvalue weighted by atomic mass is 9.98. The molecular weight excluding hydrogens is 290 g/mol. The van der Waals surface area contributed by atoms with E-state index in [1.807, 2.05) is 23.9 Å². The first-order valence-corrected chi connectivity index (χ1v) is 8.22. The van der Waals surface area contributed by atoms with Gasteiger partial charge in [0.25, 0.3) is 5.91 Å². The van der Waals surface area contributed by atoms with Crippen LogP contribution in [0.2, 0.25) is 0 Å². The second kappa shape index (κ2) is 6.58. The molecule has 1 atom stereocenters. The van der Waals surface area contributed by atoms with Gasteiger partial charge in [0.2, 0.25) is 0 Å². The molecule has 0 aliphatic carbocycles. The first-order valence-electron chi connectivity index (χ1n) is 8.22. The average Bonchev–Trinajstić information content (AvgIpc) is 3.14. The maximum atomic E-state index is 12.0. The van der Waals surface area contributed by atoms with Gasteiger partial charge in [-0.2, -0.15) is 5.10 Å². The quantitative estimate of drug-likeness (QED) is 0.908. The molecule has 6 nitrogen and oxygen atoms in total. The number of likely N-dealkylation sites (tertiary alicyclic amines) is 1. The molecule has 0 saturated carbocycles. The molecule has 2 N–H and O–H groups in total. The summed E-state index contributed by atoms with van der Waals surface area (Å²) in [5, 5.41) is 9.85. The summed E-state index contributed by atoms with van der Waals surface area (Å²) in [4.78, 5) is 14.5. The first-order chi connectivity index (χ1) is 11.1. The summed E-state index contributed by atoms with van der Waals surface area (Å²) in [5.74, 6) is -0.0354. The van der Waals surface area contributed by atoms with E-state index in [4.69, 9.17) is 0 Å². The third kappa shape index (κ3) is 3.03. The fourth-order valence-electron chi connectivity index (χ4n) is 3.49. The van der Waals surface area contributed by atoms with Gasteiger partial charge in [-0.25, -0.2) is 0 Å². The van der Waals surface area contributed by atoms with Crippen molar-refractivity contribution >= 4 is 5.91 Å². The van der Waals surface area contributed by atoms with Crippen molar-refractivity contribution in [3.8, 4) is 0 Å². The van der Waals surface area contributed by atoms with Crippen molar-refractivity contribution in [3.05, 3.63) is 41.0 Å². The average molecular weight is 315 g/mol. The predicted octanol–water partition coefficient (Wildman–Crippen LogP) is 2.14. The third-order valence-corrected chi connectivity index (χ3v) is 4.88. The van der Waals surface area contributed by atoms with Crippen molar-refractivity contribution in [2.75, 3.05) is 13.6 Å². The summed E-state index contributed by atoms with van der Waals surface area (Å²) in [6, 6.07) is 4.36. The Kier molecular flexibility index (Phi) is 4.52. The molecule has 1 fully saturated rings. The van der Waals surface area contributed by atoms with E-state index in [2.05, 4.69) is 33.4 Å². The fraction of sp³-hybridized carbons (Fsp3) is 0.529. The van der Waals surface area contributed by atoms with Gasteiger partial charge in [0.05, 0.1) is 12.2 Å². The molecule has 1 amide bonds. The number of aryl methyl sites for hydroxylation is 1. The second-order valence-electron chi connectivity index (χ2n) is 6.28. The van der Waals surface area contributed by atoms with Crippen LogP contribution >= 0.6 is 0 Å². The summed E-state index contributed by atoms with van der Waals surface area (Å²) in [5.41, 5.74) is 4.31. The first kappa shape index (κ1) is 15.8. The summed E-state index contributed by atoms with van der Waals surface area (Å²) in [7, 11) is 3.65. The van der Waals surface area contributed by atoms with Crippen molar-refractivity contribution in [2.45, 2.75) is 38.8 Å². The fourth-order valence-corrected chi connectivity index (χ4v) is 3.49. The number of carbonyl (C=O) groups is 1. The van der Waals surface area contributed by atoms with E-state index in [1.165, 1.54) is 24.1 Å². The molecule has 23 heavy (non-hydrogen) atoms. The molecular formula is C17H25N5O. The summed E-state index contributed by atoms with van der Waals surface area (Å²) in [6.45, 7) is 4.04. The highest BCUT2D eigenvalue weighted by molar-refractivity contribution is 5.92. The van der Waals surface area contributed by atoms with Gasteiger partial charge in [-0.15, -0.1) is 0 Å². The Morgan fingerprint density at radius 2 is 2.26 bits per heavy atom. The van der Waals surface area contributed by atoms with Gasteiger partial charge in [0.1, 0.15) is 5.69 Å². The molecule has 0 bridgehead atoms. The Balaban J connectivity index is 1.85. The zero-order valence-corrected chi connectivity index (χ0v) is 14.1. The minimum atomic E-state index is -0.0354. The third-order valence-electron chi connectivity index (χ3n) is 4.88. The van der Waals surface area contributed by atoms with E-state index >= 15 is 0 Å². The Morgan fingerprint density at radius 1 is 1.43 bits per heavy atom. The van der Waals surface area contributed by atoms with Crippen LogP contribution in [0.5, 0.6) is 0 Å². The minimum Gasteiger partial charge on any atom is -0.354 e. The molecule has 0 aromatic carbocycles. The van der Waals surface area contributed by atoms with Crippen molar-refractivity contribution < 1.29 is 4.79 Å². The highest BCUT2D eigenvalue weighted by Gasteiger charge is 2.27. The standard InChI is InChI=1S/C17H25N5O/c1-12-13(10-19-20-12)11-22-9-5-4-6-15(22)14-7-8-16(21(14)3)17(23)18-2/h7-8,10,15H,4-6,9,11H2,1-3H3,(H,18,23)(H,19,20)/t15-/m1/s1. The van der Waals surface area contributed by atoms with Gasteiger partial charge in [-0.3, -0.25) is 14.8 Å². The van der Waals surface area contributed by atoms with Gasteiger partial charge < -0.3 is 9.88 Å². The van der Waals surface area contributed by atoms with E-state index < -0.39 is 0 Å². The number of H-pyrrole nitrogens is 1.